The lowest BCUT2D eigenvalue weighted by Gasteiger charge is -1.97. The maximum Gasteiger partial charge on any atom is 0.00990 e. The van der Waals surface area contributed by atoms with Gasteiger partial charge in [-0.05, 0) is 54.7 Å². The van der Waals surface area contributed by atoms with Gasteiger partial charge in [0.25, 0.3) is 0 Å². The van der Waals surface area contributed by atoms with Crippen LogP contribution >= 0.6 is 15.9 Å². The third kappa shape index (κ3) is 20.6. The predicted molar refractivity (Wildman–Crippen MR) is 112 cm³/mol. The van der Waals surface area contributed by atoms with E-state index < -0.39 is 0 Å². The first kappa shape index (κ1) is 22.6. The van der Waals surface area contributed by atoms with Gasteiger partial charge in [0.05, 0.1) is 0 Å². The summed E-state index contributed by atoms with van der Waals surface area (Å²) in [5.41, 5.74) is 0. The molecule has 0 radical (unpaired) electrons. The Balaban J connectivity index is 3.41. The van der Waals surface area contributed by atoms with E-state index in [1.807, 2.05) is 6.08 Å². The van der Waals surface area contributed by atoms with Crippen LogP contribution in [-0.2, 0) is 0 Å². The van der Waals surface area contributed by atoms with Crippen molar-refractivity contribution in [3.05, 3.63) is 23.2 Å². The zero-order chi connectivity index (χ0) is 17.6. The molecule has 1 heteroatoms. The normalized spacial score (nSPS) is 9.92. The van der Waals surface area contributed by atoms with Crippen LogP contribution in [0.2, 0.25) is 0 Å². The molecule has 0 fully saturated rings. The summed E-state index contributed by atoms with van der Waals surface area (Å²) in [6.07, 6.45) is 20.5. The third-order valence-corrected chi connectivity index (χ3v) is 3.76. The molecule has 0 N–H and O–H groups in total. The van der Waals surface area contributed by atoms with Gasteiger partial charge in [0.2, 0.25) is 0 Å². The lowest BCUT2D eigenvalue weighted by Crippen LogP contribution is -1.78. The maximum atomic E-state index is 3.17. The van der Waals surface area contributed by atoms with Crippen molar-refractivity contribution in [1.82, 2.24) is 0 Å². The van der Waals surface area contributed by atoms with Gasteiger partial charge in [0, 0.05) is 12.8 Å². The minimum Gasteiger partial charge on any atom is -0.0891 e. The molecule has 0 aromatic rings. The van der Waals surface area contributed by atoms with Crippen molar-refractivity contribution < 1.29 is 0 Å². The number of hydrogen-bond acceptors (Lipinski definition) is 0. The topological polar surface area (TPSA) is 0 Å². The largest absolute Gasteiger partial charge is 0.0891 e. The molecule has 0 nitrogen and oxygen atoms in total. The molecule has 0 unspecified atom stereocenters. The van der Waals surface area contributed by atoms with Crippen molar-refractivity contribution >= 4 is 15.9 Å². The Labute approximate surface area is 158 Å². The van der Waals surface area contributed by atoms with Crippen LogP contribution in [0.3, 0.4) is 0 Å². The average Bonchev–Trinajstić information content (AvgIpc) is 2.60. The van der Waals surface area contributed by atoms with Crippen LogP contribution in [-0.4, -0.2) is 0 Å². The van der Waals surface area contributed by atoms with Crippen molar-refractivity contribution in [3.8, 4) is 35.5 Å². The van der Waals surface area contributed by atoms with Gasteiger partial charge < -0.3 is 0 Å². The molecule has 0 aliphatic carbocycles. The molecule has 24 heavy (non-hydrogen) atoms. The Hall–Kier alpha value is -1.36. The second kappa shape index (κ2) is 21.6. The fourth-order valence-corrected chi connectivity index (χ4v) is 2.26. The minimum atomic E-state index is 0.942. The van der Waals surface area contributed by atoms with Crippen molar-refractivity contribution in [3.63, 3.8) is 0 Å². The highest BCUT2D eigenvalue weighted by Crippen LogP contribution is 2.07. The van der Waals surface area contributed by atoms with Gasteiger partial charge in [-0.3, -0.25) is 0 Å². The zero-order valence-electron chi connectivity index (χ0n) is 15.2. The van der Waals surface area contributed by atoms with E-state index >= 15 is 0 Å². The first-order valence-corrected chi connectivity index (χ1v) is 10.2. The van der Waals surface area contributed by atoms with Crippen molar-refractivity contribution in [1.29, 1.82) is 0 Å². The molecule has 0 aliphatic heterocycles. The van der Waals surface area contributed by atoms with Gasteiger partial charge in [0.15, 0.2) is 0 Å². The standard InChI is InChI=1S/C23H31Br/c1-2-3-4-5-6-7-8-9-10-11-12-13-14-15-16-17-18-19-20-21-22-23-24/h18-19,22-23H,2-9,14-17H2,1H3/b19-18+,23-22+. The Morgan fingerprint density at radius 3 is 1.96 bits per heavy atom. The number of unbranched alkanes of at least 4 members (excludes halogenated alkanes) is 10. The van der Waals surface area contributed by atoms with Crippen LogP contribution in [0.1, 0.15) is 84.0 Å². The highest BCUT2D eigenvalue weighted by molar-refractivity contribution is 9.11. The summed E-state index contributed by atoms with van der Waals surface area (Å²) >= 11 is 3.17. The summed E-state index contributed by atoms with van der Waals surface area (Å²) in [6.45, 7) is 2.26. The molecule has 0 bridgehead atoms. The molecule has 0 aromatic carbocycles. The molecular weight excluding hydrogens is 356 g/mol. The first-order valence-electron chi connectivity index (χ1n) is 9.28. The van der Waals surface area contributed by atoms with Gasteiger partial charge in [-0.15, -0.1) is 0 Å². The summed E-state index contributed by atoms with van der Waals surface area (Å²) in [7, 11) is 0. The number of halogens is 1. The van der Waals surface area contributed by atoms with E-state index in [0.717, 1.165) is 32.1 Å². The SMILES string of the molecule is CCCCCCCCCC#CC#CCCCC/C=C/C#C/C=C/Br. The van der Waals surface area contributed by atoms with E-state index in [9.17, 15) is 0 Å². The highest BCUT2D eigenvalue weighted by atomic mass is 79.9. The first-order chi connectivity index (χ1) is 11.9. The van der Waals surface area contributed by atoms with Gasteiger partial charge >= 0.3 is 0 Å². The van der Waals surface area contributed by atoms with Crippen molar-refractivity contribution in [2.24, 2.45) is 0 Å². The summed E-state index contributed by atoms with van der Waals surface area (Å²) < 4.78 is 0. The molecule has 0 spiro atoms. The summed E-state index contributed by atoms with van der Waals surface area (Å²) in [6, 6.07) is 0. The monoisotopic (exact) mass is 386 g/mol. The Kier molecular flexibility index (Phi) is 20.4. The lowest BCUT2D eigenvalue weighted by molar-refractivity contribution is 0.594. The molecular formula is C23H31Br. The summed E-state index contributed by atoms with van der Waals surface area (Å²) in [5, 5.41) is 0. The molecule has 0 saturated carbocycles. The smallest absolute Gasteiger partial charge is 0.00990 e. The fourth-order valence-electron chi connectivity index (χ4n) is 2.13. The average molecular weight is 387 g/mol. The number of allylic oxidation sites excluding steroid dienone is 3. The quantitative estimate of drug-likeness (QED) is 0.261. The van der Waals surface area contributed by atoms with Crippen LogP contribution in [0, 0.1) is 35.5 Å². The van der Waals surface area contributed by atoms with E-state index in [0.29, 0.717) is 0 Å². The van der Waals surface area contributed by atoms with Crippen LogP contribution in [0.5, 0.6) is 0 Å². The Morgan fingerprint density at radius 1 is 0.708 bits per heavy atom. The molecule has 130 valence electrons. The third-order valence-electron chi connectivity index (χ3n) is 3.50. The zero-order valence-corrected chi connectivity index (χ0v) is 16.8. The van der Waals surface area contributed by atoms with E-state index in [1.54, 1.807) is 11.1 Å². The minimum absolute atomic E-state index is 0.942. The molecule has 0 aromatic heterocycles. The van der Waals surface area contributed by atoms with E-state index in [1.165, 1.54) is 44.9 Å². The van der Waals surface area contributed by atoms with E-state index in [-0.39, 0.29) is 0 Å². The number of rotatable bonds is 11. The second-order valence-electron chi connectivity index (χ2n) is 5.70. The molecule has 0 atom stereocenters. The van der Waals surface area contributed by atoms with Gasteiger partial charge in [-0.2, -0.15) is 0 Å². The van der Waals surface area contributed by atoms with E-state index in [4.69, 9.17) is 0 Å². The second-order valence-corrected chi connectivity index (χ2v) is 6.23. The van der Waals surface area contributed by atoms with Gasteiger partial charge in [0.1, 0.15) is 0 Å². The molecule has 0 aliphatic rings. The predicted octanol–water partition coefficient (Wildman–Crippen LogP) is 7.16. The number of hydrogen-bond donors (Lipinski definition) is 0. The Morgan fingerprint density at radius 2 is 1.29 bits per heavy atom. The summed E-state index contributed by atoms with van der Waals surface area (Å²) in [4.78, 5) is 1.75. The highest BCUT2D eigenvalue weighted by Gasteiger charge is 1.88. The van der Waals surface area contributed by atoms with Gasteiger partial charge in [-0.1, -0.05) is 91.1 Å². The summed E-state index contributed by atoms with van der Waals surface area (Å²) in [5.74, 6) is 18.1. The molecule has 0 amide bonds. The fraction of sp³-hybridized carbons (Fsp3) is 0.565. The Bertz CT molecular complexity index is 505. The van der Waals surface area contributed by atoms with Crippen LogP contribution in [0.15, 0.2) is 23.2 Å². The molecule has 0 heterocycles. The molecule has 0 rings (SSSR count). The van der Waals surface area contributed by atoms with Gasteiger partial charge in [-0.25, -0.2) is 0 Å². The molecule has 0 saturated heterocycles. The van der Waals surface area contributed by atoms with Crippen LogP contribution in [0.4, 0.5) is 0 Å². The maximum absolute atomic E-state index is 3.17. The van der Waals surface area contributed by atoms with E-state index in [2.05, 4.69) is 64.5 Å². The van der Waals surface area contributed by atoms with Crippen LogP contribution in [0.25, 0.3) is 0 Å². The van der Waals surface area contributed by atoms with Crippen molar-refractivity contribution in [2.45, 2.75) is 84.0 Å². The lowest BCUT2D eigenvalue weighted by atomic mass is 10.1. The van der Waals surface area contributed by atoms with Crippen molar-refractivity contribution in [2.75, 3.05) is 0 Å². The van der Waals surface area contributed by atoms with Crippen LogP contribution < -0.4 is 0 Å².